The molecule has 0 radical (unpaired) electrons. The van der Waals surface area contributed by atoms with Crippen LogP contribution < -0.4 is 0 Å². The van der Waals surface area contributed by atoms with E-state index in [9.17, 15) is 5.26 Å². The van der Waals surface area contributed by atoms with Crippen molar-refractivity contribution >= 4 is 0 Å². The van der Waals surface area contributed by atoms with Crippen LogP contribution in [0.1, 0.15) is 50.2 Å². The number of aryl methyl sites for hydroxylation is 1. The molecule has 0 aliphatic heterocycles. The van der Waals surface area contributed by atoms with Gasteiger partial charge in [-0.15, -0.1) is 0 Å². The number of rotatable bonds is 3. The lowest BCUT2D eigenvalue weighted by Gasteiger charge is -2.36. The summed E-state index contributed by atoms with van der Waals surface area (Å²) >= 11 is 0. The topological polar surface area (TPSA) is 23.8 Å². The molecule has 1 heteroatoms. The second-order valence-electron chi connectivity index (χ2n) is 5.87. The van der Waals surface area contributed by atoms with E-state index in [2.05, 4.69) is 44.2 Å². The maximum Gasteiger partial charge on any atom is 0.0693 e. The lowest BCUT2D eigenvalue weighted by molar-refractivity contribution is 0.194. The van der Waals surface area contributed by atoms with Gasteiger partial charge in [0.1, 0.15) is 0 Å². The zero-order valence-electron chi connectivity index (χ0n) is 11.6. The third-order valence-corrected chi connectivity index (χ3v) is 4.55. The summed E-state index contributed by atoms with van der Waals surface area (Å²) in [6, 6.07) is 11.2. The van der Waals surface area contributed by atoms with Gasteiger partial charge in [-0.3, -0.25) is 0 Å². The van der Waals surface area contributed by atoms with E-state index >= 15 is 0 Å². The molecule has 0 amide bonds. The molecule has 0 saturated heterocycles. The average Bonchev–Trinajstić information content (AvgIpc) is 2.42. The van der Waals surface area contributed by atoms with Gasteiger partial charge in [0.05, 0.1) is 11.5 Å². The molecule has 2 rings (SSSR count). The Bertz CT molecular complexity index is 443. The van der Waals surface area contributed by atoms with Crippen molar-refractivity contribution in [3.63, 3.8) is 0 Å². The Hall–Kier alpha value is -1.29. The lowest BCUT2D eigenvalue weighted by Crippen LogP contribution is -2.29. The van der Waals surface area contributed by atoms with Crippen LogP contribution in [0.2, 0.25) is 0 Å². The second-order valence-corrected chi connectivity index (χ2v) is 5.87. The first-order valence-corrected chi connectivity index (χ1v) is 7.15. The number of nitrogens with zero attached hydrogens (tertiary/aromatic N) is 1. The van der Waals surface area contributed by atoms with E-state index in [0.29, 0.717) is 0 Å². The Labute approximate surface area is 111 Å². The first-order chi connectivity index (χ1) is 8.69. The smallest absolute Gasteiger partial charge is 0.0693 e. The highest BCUT2D eigenvalue weighted by Crippen LogP contribution is 2.42. The van der Waals surface area contributed by atoms with Crippen molar-refractivity contribution in [1.29, 1.82) is 5.26 Å². The summed E-state index contributed by atoms with van der Waals surface area (Å²) in [5, 5.41) is 9.66. The largest absolute Gasteiger partial charge is 0.198 e. The van der Waals surface area contributed by atoms with Crippen LogP contribution >= 0.6 is 0 Å². The normalized spacial score (nSPS) is 27.7. The highest BCUT2D eigenvalue weighted by atomic mass is 14.4. The van der Waals surface area contributed by atoms with Gasteiger partial charge in [-0.2, -0.15) is 5.26 Å². The summed E-state index contributed by atoms with van der Waals surface area (Å²) in [6.45, 7) is 4.41. The Balaban J connectivity index is 2.19. The third-order valence-electron chi connectivity index (χ3n) is 4.55. The number of benzene rings is 1. The first-order valence-electron chi connectivity index (χ1n) is 7.15. The van der Waals surface area contributed by atoms with E-state index in [1.54, 1.807) is 0 Å². The van der Waals surface area contributed by atoms with Crippen LogP contribution in [0.4, 0.5) is 0 Å². The van der Waals surface area contributed by atoms with Crippen LogP contribution in [0, 0.1) is 29.6 Å². The highest BCUT2D eigenvalue weighted by molar-refractivity contribution is 5.28. The van der Waals surface area contributed by atoms with E-state index < -0.39 is 0 Å². The molecule has 0 N–H and O–H groups in total. The van der Waals surface area contributed by atoms with Crippen molar-refractivity contribution in [2.75, 3.05) is 0 Å². The molecule has 0 spiro atoms. The fraction of sp³-hybridized carbons (Fsp3) is 0.588. The summed E-state index contributed by atoms with van der Waals surface area (Å²) < 4.78 is 0. The second kappa shape index (κ2) is 5.57. The van der Waals surface area contributed by atoms with Gasteiger partial charge in [0.25, 0.3) is 0 Å². The predicted molar refractivity (Wildman–Crippen MR) is 75.2 cm³/mol. The summed E-state index contributed by atoms with van der Waals surface area (Å²) in [4.78, 5) is 0. The third kappa shape index (κ3) is 2.75. The lowest BCUT2D eigenvalue weighted by atomic mass is 9.66. The number of hydrogen-bond acceptors (Lipinski definition) is 1. The van der Waals surface area contributed by atoms with Gasteiger partial charge >= 0.3 is 0 Å². The molecule has 2 atom stereocenters. The summed E-state index contributed by atoms with van der Waals surface area (Å²) in [6.07, 6.45) is 6.86. The molecule has 1 aromatic rings. The molecule has 1 aliphatic rings. The van der Waals surface area contributed by atoms with Gasteiger partial charge in [0.15, 0.2) is 0 Å². The minimum absolute atomic E-state index is 0.106. The molecule has 1 aliphatic carbocycles. The Morgan fingerprint density at radius 1 is 1.39 bits per heavy atom. The van der Waals surface area contributed by atoms with Gasteiger partial charge in [-0.25, -0.2) is 0 Å². The molecule has 2 unspecified atom stereocenters. The highest BCUT2D eigenvalue weighted by Gasteiger charge is 2.36. The SMILES string of the molecule is CCC1CCCC(C#N)(Cc2ccccc2C)C1. The monoisotopic (exact) mass is 241 g/mol. The number of hydrogen-bond donors (Lipinski definition) is 0. The van der Waals surface area contributed by atoms with Crippen molar-refractivity contribution in [2.45, 2.75) is 52.4 Å². The molecular formula is C17H23N. The van der Waals surface area contributed by atoms with Gasteiger partial charge < -0.3 is 0 Å². The quantitative estimate of drug-likeness (QED) is 0.755. The van der Waals surface area contributed by atoms with Crippen LogP contribution in [0.3, 0.4) is 0 Å². The van der Waals surface area contributed by atoms with Crippen LogP contribution in [0.5, 0.6) is 0 Å². The maximum absolute atomic E-state index is 9.66. The molecule has 0 aromatic heterocycles. The van der Waals surface area contributed by atoms with Gasteiger partial charge in [0.2, 0.25) is 0 Å². The zero-order chi connectivity index (χ0) is 13.0. The molecule has 1 fully saturated rings. The molecular weight excluding hydrogens is 218 g/mol. The molecule has 18 heavy (non-hydrogen) atoms. The van der Waals surface area contributed by atoms with Crippen LogP contribution in [0.15, 0.2) is 24.3 Å². The fourth-order valence-electron chi connectivity index (χ4n) is 3.31. The van der Waals surface area contributed by atoms with E-state index in [4.69, 9.17) is 0 Å². The Kier molecular flexibility index (Phi) is 4.07. The van der Waals surface area contributed by atoms with Gasteiger partial charge in [-0.05, 0) is 43.2 Å². The van der Waals surface area contributed by atoms with Crippen LogP contribution in [-0.2, 0) is 6.42 Å². The minimum Gasteiger partial charge on any atom is -0.198 e. The summed E-state index contributed by atoms with van der Waals surface area (Å²) in [5.74, 6) is 0.752. The minimum atomic E-state index is -0.106. The fourth-order valence-corrected chi connectivity index (χ4v) is 3.31. The van der Waals surface area contributed by atoms with Gasteiger partial charge in [-0.1, -0.05) is 50.5 Å². The Morgan fingerprint density at radius 3 is 2.83 bits per heavy atom. The molecule has 1 saturated carbocycles. The van der Waals surface area contributed by atoms with Crippen molar-refractivity contribution in [3.8, 4) is 6.07 Å². The van der Waals surface area contributed by atoms with Crippen molar-refractivity contribution in [3.05, 3.63) is 35.4 Å². The van der Waals surface area contributed by atoms with E-state index in [1.807, 2.05) is 0 Å². The zero-order valence-corrected chi connectivity index (χ0v) is 11.6. The molecule has 1 nitrogen and oxygen atoms in total. The van der Waals surface area contributed by atoms with E-state index in [-0.39, 0.29) is 5.41 Å². The van der Waals surface area contributed by atoms with Crippen molar-refractivity contribution in [1.82, 2.24) is 0 Å². The molecule has 0 heterocycles. The predicted octanol–water partition coefficient (Wildman–Crippen LogP) is 4.65. The van der Waals surface area contributed by atoms with Crippen LogP contribution in [-0.4, -0.2) is 0 Å². The standard InChI is InChI=1S/C17H23N/c1-3-15-8-6-10-17(11-15,13-18)12-16-9-5-4-7-14(16)2/h4-5,7,9,15H,3,6,8,10-12H2,1-2H3. The Morgan fingerprint density at radius 2 is 2.17 bits per heavy atom. The van der Waals surface area contributed by atoms with E-state index in [1.165, 1.54) is 30.4 Å². The average molecular weight is 241 g/mol. The molecule has 1 aromatic carbocycles. The van der Waals surface area contributed by atoms with E-state index in [0.717, 1.165) is 25.2 Å². The summed E-state index contributed by atoms with van der Waals surface area (Å²) in [5.41, 5.74) is 2.58. The van der Waals surface area contributed by atoms with Gasteiger partial charge in [0, 0.05) is 0 Å². The van der Waals surface area contributed by atoms with Crippen molar-refractivity contribution in [2.24, 2.45) is 11.3 Å². The first kappa shape index (κ1) is 13.1. The molecule has 0 bridgehead atoms. The summed E-state index contributed by atoms with van der Waals surface area (Å²) in [7, 11) is 0. The number of nitriles is 1. The van der Waals surface area contributed by atoms with Crippen molar-refractivity contribution < 1.29 is 0 Å². The molecule has 96 valence electrons. The maximum atomic E-state index is 9.66. The van der Waals surface area contributed by atoms with Crippen LogP contribution in [0.25, 0.3) is 0 Å².